The summed E-state index contributed by atoms with van der Waals surface area (Å²) in [5.41, 5.74) is 2.63. The number of hydrogen-bond acceptors (Lipinski definition) is 1. The molecule has 0 fully saturated rings. The van der Waals surface area contributed by atoms with Crippen molar-refractivity contribution < 1.29 is 9.90 Å². The van der Waals surface area contributed by atoms with Crippen LogP contribution in [0.15, 0.2) is 18.4 Å². The Kier molecular flexibility index (Phi) is 5.50. The molecule has 1 N–H and O–H groups in total. The lowest BCUT2D eigenvalue weighted by Gasteiger charge is -1.90. The molecule has 0 aromatic heterocycles. The molecule has 0 radical (unpaired) electrons. The highest BCUT2D eigenvalue weighted by molar-refractivity contribution is 5.66. The topological polar surface area (TPSA) is 37.3 Å². The van der Waals surface area contributed by atoms with Crippen molar-refractivity contribution >= 4 is 5.97 Å². The van der Waals surface area contributed by atoms with Gasteiger partial charge in [-0.3, -0.25) is 4.79 Å². The van der Waals surface area contributed by atoms with E-state index in [-0.39, 0.29) is 6.42 Å². The summed E-state index contributed by atoms with van der Waals surface area (Å²) in [4.78, 5) is 9.99. The monoisotopic (exact) mass is 140 g/mol. The predicted molar refractivity (Wildman–Crippen MR) is 39.8 cm³/mol. The van der Waals surface area contributed by atoms with Gasteiger partial charge in [-0.05, 0) is 25.3 Å². The maximum Gasteiger partial charge on any atom is 0.303 e. The van der Waals surface area contributed by atoms with E-state index in [9.17, 15) is 4.79 Å². The molecular weight excluding hydrogens is 128 g/mol. The van der Waals surface area contributed by atoms with Crippen molar-refractivity contribution in [2.24, 2.45) is 0 Å². The fourth-order valence-corrected chi connectivity index (χ4v) is 0.625. The van der Waals surface area contributed by atoms with Crippen LogP contribution in [0.1, 0.15) is 25.7 Å². The molecule has 0 aliphatic carbocycles. The second kappa shape index (κ2) is 6.12. The average molecular weight is 140 g/mol. The highest BCUT2D eigenvalue weighted by atomic mass is 16.4. The first kappa shape index (κ1) is 8.99. The standard InChI is InChI=1S/C8H12O2/c1-2-3-4-5-6-7-8(9)10/h3H,1,4-7H2,(H,9,10). The van der Waals surface area contributed by atoms with Crippen molar-refractivity contribution in [1.82, 2.24) is 0 Å². The molecule has 0 aliphatic rings. The Morgan fingerprint density at radius 1 is 1.60 bits per heavy atom. The van der Waals surface area contributed by atoms with Crippen molar-refractivity contribution in [3.8, 4) is 0 Å². The number of allylic oxidation sites excluding steroid dienone is 1. The Hall–Kier alpha value is -1.01. The van der Waals surface area contributed by atoms with Gasteiger partial charge in [-0.2, -0.15) is 0 Å². The summed E-state index contributed by atoms with van der Waals surface area (Å²) in [6, 6.07) is 0. The van der Waals surface area contributed by atoms with Crippen molar-refractivity contribution in [2.75, 3.05) is 0 Å². The van der Waals surface area contributed by atoms with Gasteiger partial charge in [-0.15, -0.1) is 5.73 Å². The van der Waals surface area contributed by atoms with E-state index in [2.05, 4.69) is 12.3 Å². The molecule has 2 nitrogen and oxygen atoms in total. The summed E-state index contributed by atoms with van der Waals surface area (Å²) in [7, 11) is 0. The number of carboxylic acids is 1. The zero-order valence-corrected chi connectivity index (χ0v) is 5.97. The number of hydrogen-bond donors (Lipinski definition) is 1. The molecule has 0 aromatic carbocycles. The number of rotatable bonds is 5. The highest BCUT2D eigenvalue weighted by Crippen LogP contribution is 1.99. The largest absolute Gasteiger partial charge is 0.481 e. The molecule has 0 aliphatic heterocycles. The lowest BCUT2D eigenvalue weighted by Crippen LogP contribution is -1.92. The Balaban J connectivity index is 3.05. The van der Waals surface area contributed by atoms with E-state index in [1.165, 1.54) is 0 Å². The van der Waals surface area contributed by atoms with Crippen LogP contribution in [0.2, 0.25) is 0 Å². The summed E-state index contributed by atoms with van der Waals surface area (Å²) in [6.07, 6.45) is 4.63. The molecule has 0 saturated heterocycles. The lowest BCUT2D eigenvalue weighted by atomic mass is 10.2. The van der Waals surface area contributed by atoms with Gasteiger partial charge in [0.1, 0.15) is 0 Å². The van der Waals surface area contributed by atoms with Crippen LogP contribution in [0.25, 0.3) is 0 Å². The van der Waals surface area contributed by atoms with E-state index < -0.39 is 5.97 Å². The number of aliphatic carboxylic acids is 1. The van der Waals surface area contributed by atoms with Crippen LogP contribution in [-0.4, -0.2) is 11.1 Å². The Morgan fingerprint density at radius 3 is 2.80 bits per heavy atom. The molecule has 0 aromatic rings. The molecule has 10 heavy (non-hydrogen) atoms. The van der Waals surface area contributed by atoms with E-state index in [4.69, 9.17) is 5.11 Å². The van der Waals surface area contributed by atoms with Crippen molar-refractivity contribution in [2.45, 2.75) is 25.7 Å². The van der Waals surface area contributed by atoms with Gasteiger partial charge < -0.3 is 5.11 Å². The van der Waals surface area contributed by atoms with Crippen LogP contribution in [0, 0.1) is 0 Å². The van der Waals surface area contributed by atoms with Gasteiger partial charge in [-0.25, -0.2) is 0 Å². The Morgan fingerprint density at radius 2 is 2.30 bits per heavy atom. The minimum absolute atomic E-state index is 0.269. The molecule has 0 amide bonds. The lowest BCUT2D eigenvalue weighted by molar-refractivity contribution is -0.137. The first-order valence-electron chi connectivity index (χ1n) is 3.33. The van der Waals surface area contributed by atoms with Crippen molar-refractivity contribution in [3.63, 3.8) is 0 Å². The quantitative estimate of drug-likeness (QED) is 0.468. The summed E-state index contributed by atoms with van der Waals surface area (Å²) in [6.45, 7) is 3.40. The van der Waals surface area contributed by atoms with Gasteiger partial charge in [-0.1, -0.05) is 6.58 Å². The molecule has 0 atom stereocenters. The summed E-state index contributed by atoms with van der Waals surface area (Å²) < 4.78 is 0. The normalized spacial score (nSPS) is 8.40. The third-order valence-electron chi connectivity index (χ3n) is 1.13. The van der Waals surface area contributed by atoms with Crippen LogP contribution < -0.4 is 0 Å². The van der Waals surface area contributed by atoms with E-state index in [1.54, 1.807) is 0 Å². The second-order valence-corrected chi connectivity index (χ2v) is 2.05. The van der Waals surface area contributed by atoms with Gasteiger partial charge in [0.15, 0.2) is 0 Å². The van der Waals surface area contributed by atoms with E-state index in [0.29, 0.717) is 0 Å². The second-order valence-electron chi connectivity index (χ2n) is 2.05. The van der Waals surface area contributed by atoms with Crippen LogP contribution in [0.3, 0.4) is 0 Å². The fraction of sp³-hybridized carbons (Fsp3) is 0.500. The van der Waals surface area contributed by atoms with Gasteiger partial charge in [0.2, 0.25) is 0 Å². The van der Waals surface area contributed by atoms with Crippen LogP contribution in [0.4, 0.5) is 0 Å². The molecule has 56 valence electrons. The highest BCUT2D eigenvalue weighted by Gasteiger charge is 1.93. The van der Waals surface area contributed by atoms with Gasteiger partial charge in [0.05, 0.1) is 0 Å². The van der Waals surface area contributed by atoms with Crippen LogP contribution in [0.5, 0.6) is 0 Å². The third kappa shape index (κ3) is 6.99. The molecule has 0 rings (SSSR count). The summed E-state index contributed by atoms with van der Waals surface area (Å²) in [5.74, 6) is -0.720. The van der Waals surface area contributed by atoms with Gasteiger partial charge in [0.25, 0.3) is 0 Å². The number of carboxylic acid groups (broad SMARTS) is 1. The average Bonchev–Trinajstić information content (AvgIpc) is 1.87. The minimum atomic E-state index is -0.720. The predicted octanol–water partition coefficient (Wildman–Crippen LogP) is 1.97. The molecular formula is C8H12O2. The maximum absolute atomic E-state index is 9.99. The molecule has 2 heteroatoms. The van der Waals surface area contributed by atoms with Crippen molar-refractivity contribution in [3.05, 3.63) is 18.4 Å². The molecule has 0 heterocycles. The van der Waals surface area contributed by atoms with Crippen LogP contribution >= 0.6 is 0 Å². The smallest absolute Gasteiger partial charge is 0.303 e. The zero-order valence-electron chi connectivity index (χ0n) is 5.97. The van der Waals surface area contributed by atoms with Crippen LogP contribution in [-0.2, 0) is 4.79 Å². The molecule has 0 spiro atoms. The van der Waals surface area contributed by atoms with Gasteiger partial charge in [0, 0.05) is 6.42 Å². The van der Waals surface area contributed by atoms with Crippen molar-refractivity contribution in [1.29, 1.82) is 0 Å². The number of carbonyl (C=O) groups is 1. The van der Waals surface area contributed by atoms with E-state index in [0.717, 1.165) is 19.3 Å². The zero-order chi connectivity index (χ0) is 7.82. The fourth-order valence-electron chi connectivity index (χ4n) is 0.625. The van der Waals surface area contributed by atoms with E-state index in [1.807, 2.05) is 6.08 Å². The minimum Gasteiger partial charge on any atom is -0.481 e. The summed E-state index contributed by atoms with van der Waals surface area (Å²) in [5, 5.41) is 8.23. The first-order valence-corrected chi connectivity index (χ1v) is 3.33. The Labute approximate surface area is 60.9 Å². The van der Waals surface area contributed by atoms with Gasteiger partial charge >= 0.3 is 5.97 Å². The first-order chi connectivity index (χ1) is 4.77. The maximum atomic E-state index is 9.99. The molecule has 0 saturated carbocycles. The SMILES string of the molecule is C=C=CCCCCC(=O)O. The molecule has 0 bridgehead atoms. The summed E-state index contributed by atoms with van der Waals surface area (Å²) >= 11 is 0. The Bertz CT molecular complexity index is 139. The third-order valence-corrected chi connectivity index (χ3v) is 1.13. The molecule has 0 unspecified atom stereocenters. The van der Waals surface area contributed by atoms with E-state index >= 15 is 0 Å². The number of unbranched alkanes of at least 4 members (excludes halogenated alkanes) is 2.